The summed E-state index contributed by atoms with van der Waals surface area (Å²) < 4.78 is 31.0. The number of carbonyl (C=O) groups is 1. The number of aliphatic imine (C=N–C) groups is 2. The first kappa shape index (κ1) is 16.8. The van der Waals surface area contributed by atoms with Crippen LogP contribution in [0.1, 0.15) is 5.56 Å². The van der Waals surface area contributed by atoms with E-state index in [0.717, 1.165) is 12.1 Å². The molecule has 0 radical (unpaired) electrons. The van der Waals surface area contributed by atoms with E-state index in [0.29, 0.717) is 0 Å². The zero-order valence-corrected chi connectivity index (χ0v) is 11.5. The maximum Gasteiger partial charge on any atom is 0.368 e. The van der Waals surface area contributed by atoms with Crippen molar-refractivity contribution in [2.24, 2.45) is 9.98 Å². The molecule has 1 aromatic rings. The normalized spacial score (nSPS) is 14.0. The molecule has 0 aromatic heterocycles. The van der Waals surface area contributed by atoms with Gasteiger partial charge in [0, 0.05) is 12.7 Å². The fraction of sp³-hybridized carbons (Fsp3) is 0.154. The minimum Gasteiger partial charge on any atom is -0.378 e. The molecular weight excluding hydrogens is 306 g/mol. The highest BCUT2D eigenvalue weighted by atomic mass is 35.5. The Balaban J connectivity index is 0.00000220. The van der Waals surface area contributed by atoms with Gasteiger partial charge < -0.3 is 4.74 Å². The van der Waals surface area contributed by atoms with Gasteiger partial charge in [-0.15, -0.1) is 12.4 Å². The summed E-state index contributed by atoms with van der Waals surface area (Å²) in [6, 6.07) is 2.07. The van der Waals surface area contributed by atoms with Crippen molar-refractivity contribution < 1.29 is 23.1 Å². The minimum absolute atomic E-state index is 0. The molecule has 0 fully saturated rings. The first-order valence-corrected chi connectivity index (χ1v) is 5.47. The molecule has 2 rings (SSSR count). The molecule has 1 heterocycles. The van der Waals surface area contributed by atoms with Crippen LogP contribution in [0.25, 0.3) is 0 Å². The molecule has 1 aliphatic rings. The Labute approximate surface area is 124 Å². The lowest BCUT2D eigenvalue weighted by atomic mass is 9.98. The molecule has 1 aliphatic heterocycles. The Morgan fingerprint density at radius 3 is 2.52 bits per heavy atom. The number of ether oxygens (including phenoxy) is 1. The molecule has 0 atom stereocenters. The van der Waals surface area contributed by atoms with Crippen molar-refractivity contribution in [3.63, 3.8) is 0 Å². The predicted octanol–water partition coefficient (Wildman–Crippen LogP) is 2.15. The van der Waals surface area contributed by atoms with Crippen LogP contribution < -0.4 is 0 Å². The van der Waals surface area contributed by atoms with Gasteiger partial charge in [0.05, 0.1) is 18.0 Å². The highest BCUT2D eigenvalue weighted by molar-refractivity contribution is 6.39. The van der Waals surface area contributed by atoms with E-state index in [9.17, 15) is 18.4 Å². The maximum atomic E-state index is 13.2. The molecule has 0 N–H and O–H groups in total. The van der Waals surface area contributed by atoms with Crippen molar-refractivity contribution in [3.05, 3.63) is 41.0 Å². The Bertz CT molecular complexity index is 695. The number of amides is 2. The number of rotatable bonds is 3. The van der Waals surface area contributed by atoms with Crippen molar-refractivity contribution in [2.45, 2.75) is 0 Å². The van der Waals surface area contributed by atoms with Crippen molar-refractivity contribution in [1.29, 1.82) is 0 Å². The molecule has 0 saturated heterocycles. The second-order valence-corrected chi connectivity index (χ2v) is 3.84. The molecule has 5 nitrogen and oxygen atoms in total. The van der Waals surface area contributed by atoms with E-state index in [-0.39, 0.29) is 41.6 Å². The standard InChI is InChI=1S/C13H8F2N2O3.ClH/c1-20-6-11-8(5-18)12(17-13(19)16-11)7-2-3-9(14)10(15)4-7;/h2-4H,6H2,1H3;1H. The van der Waals surface area contributed by atoms with Gasteiger partial charge in [-0.3, -0.25) is 0 Å². The second kappa shape index (κ2) is 6.99. The number of hydrogen-bond donors (Lipinski definition) is 0. The lowest BCUT2D eigenvalue weighted by Crippen LogP contribution is -2.25. The third-order valence-corrected chi connectivity index (χ3v) is 2.54. The predicted molar refractivity (Wildman–Crippen MR) is 74.1 cm³/mol. The molecule has 8 heteroatoms. The van der Waals surface area contributed by atoms with E-state index in [4.69, 9.17) is 4.74 Å². The molecule has 0 saturated carbocycles. The van der Waals surface area contributed by atoms with Gasteiger partial charge in [0.25, 0.3) is 0 Å². The molecule has 0 aliphatic carbocycles. The molecule has 2 amide bonds. The van der Waals surface area contributed by atoms with Gasteiger partial charge in [0.1, 0.15) is 11.5 Å². The SMILES string of the molecule is COCC1=NC(=O)N=C(c2ccc(F)c(F)c2)C1=C=O.Cl. The highest BCUT2D eigenvalue weighted by Gasteiger charge is 2.24. The molecule has 110 valence electrons. The summed E-state index contributed by atoms with van der Waals surface area (Å²) in [5.74, 6) is -0.556. The van der Waals surface area contributed by atoms with Crippen LogP contribution in [0, 0.1) is 11.6 Å². The average Bonchev–Trinajstić information content (AvgIpc) is 2.42. The smallest absolute Gasteiger partial charge is 0.368 e. The lowest BCUT2D eigenvalue weighted by molar-refractivity contribution is 0.243. The quantitative estimate of drug-likeness (QED) is 0.803. The van der Waals surface area contributed by atoms with Crippen LogP contribution in [-0.4, -0.2) is 37.1 Å². The number of urea groups is 1. The van der Waals surface area contributed by atoms with Gasteiger partial charge in [-0.25, -0.2) is 18.4 Å². The van der Waals surface area contributed by atoms with E-state index in [1.807, 2.05) is 0 Å². The Kier molecular flexibility index (Phi) is 5.60. The van der Waals surface area contributed by atoms with Crippen molar-refractivity contribution in [2.75, 3.05) is 13.7 Å². The summed E-state index contributed by atoms with van der Waals surface area (Å²) in [4.78, 5) is 29.5. The van der Waals surface area contributed by atoms with E-state index >= 15 is 0 Å². The first-order chi connectivity index (χ1) is 9.56. The van der Waals surface area contributed by atoms with Crippen LogP contribution in [0.2, 0.25) is 0 Å². The number of hydrogen-bond acceptors (Lipinski definition) is 3. The second-order valence-electron chi connectivity index (χ2n) is 3.84. The number of benzene rings is 1. The molecule has 0 bridgehead atoms. The van der Waals surface area contributed by atoms with Crippen LogP contribution in [-0.2, 0) is 9.53 Å². The Morgan fingerprint density at radius 2 is 1.95 bits per heavy atom. The summed E-state index contributed by atoms with van der Waals surface area (Å²) in [7, 11) is 1.36. The fourth-order valence-electron chi connectivity index (χ4n) is 1.69. The fourth-order valence-corrected chi connectivity index (χ4v) is 1.69. The van der Waals surface area contributed by atoms with E-state index in [1.165, 1.54) is 13.2 Å². The molecule has 0 spiro atoms. The summed E-state index contributed by atoms with van der Waals surface area (Å²) in [5, 5.41) is 0. The number of methoxy groups -OCH3 is 1. The van der Waals surface area contributed by atoms with Gasteiger partial charge in [-0.1, -0.05) is 0 Å². The van der Waals surface area contributed by atoms with Crippen LogP contribution in [0.5, 0.6) is 0 Å². The molecule has 0 unspecified atom stereocenters. The van der Waals surface area contributed by atoms with Crippen LogP contribution in [0.15, 0.2) is 33.8 Å². The van der Waals surface area contributed by atoms with E-state index in [1.54, 1.807) is 5.94 Å². The van der Waals surface area contributed by atoms with Crippen LogP contribution >= 0.6 is 12.4 Å². The summed E-state index contributed by atoms with van der Waals surface area (Å²) in [6.07, 6.45) is 0. The van der Waals surface area contributed by atoms with Gasteiger partial charge in [-0.2, -0.15) is 9.98 Å². The summed E-state index contributed by atoms with van der Waals surface area (Å²) in [6.45, 7) is -0.0982. The zero-order chi connectivity index (χ0) is 14.7. The summed E-state index contributed by atoms with van der Waals surface area (Å²) in [5.41, 5.74) is -0.0928. The zero-order valence-electron chi connectivity index (χ0n) is 10.7. The average molecular weight is 315 g/mol. The molecular formula is C13H9ClF2N2O3. The van der Waals surface area contributed by atoms with E-state index in [2.05, 4.69) is 9.98 Å². The van der Waals surface area contributed by atoms with Gasteiger partial charge in [-0.05, 0) is 18.2 Å². The third kappa shape index (κ3) is 3.46. The lowest BCUT2D eigenvalue weighted by Gasteiger charge is -2.13. The van der Waals surface area contributed by atoms with Gasteiger partial charge >= 0.3 is 6.03 Å². The monoisotopic (exact) mass is 314 g/mol. The largest absolute Gasteiger partial charge is 0.378 e. The summed E-state index contributed by atoms with van der Waals surface area (Å²) >= 11 is 0. The Morgan fingerprint density at radius 1 is 1.24 bits per heavy atom. The number of halogens is 3. The van der Waals surface area contributed by atoms with E-state index < -0.39 is 17.7 Å². The molecule has 21 heavy (non-hydrogen) atoms. The first-order valence-electron chi connectivity index (χ1n) is 5.47. The van der Waals surface area contributed by atoms with Crippen LogP contribution in [0.4, 0.5) is 13.6 Å². The van der Waals surface area contributed by atoms with Crippen molar-refractivity contribution >= 4 is 35.8 Å². The van der Waals surface area contributed by atoms with Crippen LogP contribution in [0.3, 0.4) is 0 Å². The maximum absolute atomic E-state index is 13.2. The number of carbonyl (C=O) groups excluding carboxylic acids is 2. The van der Waals surface area contributed by atoms with Crippen molar-refractivity contribution in [1.82, 2.24) is 0 Å². The van der Waals surface area contributed by atoms with Gasteiger partial charge in [0.15, 0.2) is 11.6 Å². The number of nitrogens with zero attached hydrogens (tertiary/aromatic N) is 2. The minimum atomic E-state index is -1.11. The topological polar surface area (TPSA) is 68.1 Å². The van der Waals surface area contributed by atoms with Gasteiger partial charge in [0.2, 0.25) is 0 Å². The molecule has 1 aromatic carbocycles. The van der Waals surface area contributed by atoms with Crippen molar-refractivity contribution in [3.8, 4) is 0 Å². The highest BCUT2D eigenvalue weighted by Crippen LogP contribution is 2.17. The third-order valence-electron chi connectivity index (χ3n) is 2.54. The Hall–Kier alpha value is -2.21.